The smallest absolute Gasteiger partial charge is 0.311 e. The summed E-state index contributed by atoms with van der Waals surface area (Å²) in [6.07, 6.45) is 6.43. The summed E-state index contributed by atoms with van der Waals surface area (Å²) >= 11 is 0. The summed E-state index contributed by atoms with van der Waals surface area (Å²) < 4.78 is 5.23. The fraction of sp³-hybridized carbons (Fsp3) is 0.917. The maximum absolute atomic E-state index is 11.4. The van der Waals surface area contributed by atoms with Crippen LogP contribution in [0.1, 0.15) is 52.9 Å². The SMILES string of the molecule is CC(C)(C)C(=O)OCCC1CCCC1. The van der Waals surface area contributed by atoms with Crippen LogP contribution in [0.5, 0.6) is 0 Å². The van der Waals surface area contributed by atoms with Gasteiger partial charge in [0.05, 0.1) is 12.0 Å². The number of carbonyl (C=O) groups excluding carboxylic acids is 1. The van der Waals surface area contributed by atoms with E-state index >= 15 is 0 Å². The fourth-order valence-corrected chi connectivity index (χ4v) is 1.83. The molecule has 0 spiro atoms. The van der Waals surface area contributed by atoms with Gasteiger partial charge in [0.1, 0.15) is 0 Å². The summed E-state index contributed by atoms with van der Waals surface area (Å²) in [5.41, 5.74) is -0.352. The number of hydrogen-bond acceptors (Lipinski definition) is 2. The number of ether oxygens (including phenoxy) is 1. The van der Waals surface area contributed by atoms with Crippen LogP contribution in [-0.2, 0) is 9.53 Å². The van der Waals surface area contributed by atoms with E-state index in [4.69, 9.17) is 4.74 Å². The highest BCUT2D eigenvalue weighted by molar-refractivity contribution is 5.75. The average Bonchev–Trinajstić information content (AvgIpc) is 2.55. The minimum atomic E-state index is -0.352. The second-order valence-corrected chi connectivity index (χ2v) is 5.33. The number of esters is 1. The van der Waals surface area contributed by atoms with E-state index in [1.807, 2.05) is 20.8 Å². The van der Waals surface area contributed by atoms with E-state index < -0.39 is 0 Å². The molecule has 82 valence electrons. The van der Waals surface area contributed by atoms with Crippen LogP contribution < -0.4 is 0 Å². The first-order valence-corrected chi connectivity index (χ1v) is 5.67. The Balaban J connectivity index is 2.11. The molecule has 0 amide bonds. The average molecular weight is 198 g/mol. The van der Waals surface area contributed by atoms with E-state index in [0.717, 1.165) is 12.3 Å². The summed E-state index contributed by atoms with van der Waals surface area (Å²) in [7, 11) is 0. The van der Waals surface area contributed by atoms with Crippen molar-refractivity contribution in [2.45, 2.75) is 52.9 Å². The third kappa shape index (κ3) is 3.69. The van der Waals surface area contributed by atoms with Gasteiger partial charge in [0.15, 0.2) is 0 Å². The summed E-state index contributed by atoms with van der Waals surface area (Å²) in [5, 5.41) is 0. The van der Waals surface area contributed by atoms with Gasteiger partial charge in [-0.05, 0) is 33.1 Å². The first-order valence-electron chi connectivity index (χ1n) is 5.67. The molecule has 1 aliphatic carbocycles. The number of hydrogen-bond donors (Lipinski definition) is 0. The first kappa shape index (κ1) is 11.5. The zero-order valence-electron chi connectivity index (χ0n) is 9.64. The van der Waals surface area contributed by atoms with Crippen molar-refractivity contribution in [3.8, 4) is 0 Å². The summed E-state index contributed by atoms with van der Waals surface area (Å²) in [4.78, 5) is 11.4. The summed E-state index contributed by atoms with van der Waals surface area (Å²) in [5.74, 6) is 0.735. The Morgan fingerprint density at radius 1 is 1.29 bits per heavy atom. The molecule has 0 aromatic heterocycles. The van der Waals surface area contributed by atoms with Gasteiger partial charge in [-0.25, -0.2) is 0 Å². The van der Waals surface area contributed by atoms with Crippen LogP contribution in [0.25, 0.3) is 0 Å². The van der Waals surface area contributed by atoms with Gasteiger partial charge in [-0.15, -0.1) is 0 Å². The Morgan fingerprint density at radius 3 is 2.36 bits per heavy atom. The first-order chi connectivity index (χ1) is 6.50. The fourth-order valence-electron chi connectivity index (χ4n) is 1.83. The molecular weight excluding hydrogens is 176 g/mol. The van der Waals surface area contributed by atoms with E-state index in [-0.39, 0.29) is 11.4 Å². The molecule has 0 bridgehead atoms. The van der Waals surface area contributed by atoms with Crippen LogP contribution in [0.15, 0.2) is 0 Å². The number of carbonyl (C=O) groups is 1. The van der Waals surface area contributed by atoms with Crippen molar-refractivity contribution in [1.29, 1.82) is 0 Å². The van der Waals surface area contributed by atoms with Gasteiger partial charge in [0, 0.05) is 0 Å². The van der Waals surface area contributed by atoms with Crippen molar-refractivity contribution in [3.63, 3.8) is 0 Å². The van der Waals surface area contributed by atoms with Crippen molar-refractivity contribution in [2.24, 2.45) is 11.3 Å². The molecule has 0 aromatic rings. The van der Waals surface area contributed by atoms with E-state index in [1.165, 1.54) is 25.7 Å². The third-order valence-corrected chi connectivity index (χ3v) is 2.85. The molecule has 2 heteroatoms. The monoisotopic (exact) mass is 198 g/mol. The molecule has 0 radical (unpaired) electrons. The van der Waals surface area contributed by atoms with Gasteiger partial charge < -0.3 is 4.74 Å². The Hall–Kier alpha value is -0.530. The quantitative estimate of drug-likeness (QED) is 0.651. The maximum Gasteiger partial charge on any atom is 0.311 e. The lowest BCUT2D eigenvalue weighted by molar-refractivity contribution is -0.153. The highest BCUT2D eigenvalue weighted by atomic mass is 16.5. The summed E-state index contributed by atoms with van der Waals surface area (Å²) in [6, 6.07) is 0. The lowest BCUT2D eigenvalue weighted by Gasteiger charge is -2.17. The van der Waals surface area contributed by atoms with E-state index in [0.29, 0.717) is 6.61 Å². The lowest BCUT2D eigenvalue weighted by Crippen LogP contribution is -2.23. The molecule has 1 saturated carbocycles. The highest BCUT2D eigenvalue weighted by Gasteiger charge is 2.23. The maximum atomic E-state index is 11.4. The van der Waals surface area contributed by atoms with Crippen molar-refractivity contribution in [1.82, 2.24) is 0 Å². The molecular formula is C12H22O2. The van der Waals surface area contributed by atoms with Crippen LogP contribution in [0, 0.1) is 11.3 Å². The zero-order chi connectivity index (χ0) is 10.6. The minimum absolute atomic E-state index is 0.0736. The number of rotatable bonds is 3. The van der Waals surface area contributed by atoms with Crippen molar-refractivity contribution >= 4 is 5.97 Å². The minimum Gasteiger partial charge on any atom is -0.465 e. The van der Waals surface area contributed by atoms with Crippen LogP contribution in [0.4, 0.5) is 0 Å². The zero-order valence-corrected chi connectivity index (χ0v) is 9.64. The molecule has 0 saturated heterocycles. The van der Waals surface area contributed by atoms with Gasteiger partial charge in [-0.2, -0.15) is 0 Å². The largest absolute Gasteiger partial charge is 0.465 e. The van der Waals surface area contributed by atoms with Crippen molar-refractivity contribution in [2.75, 3.05) is 6.61 Å². The van der Waals surface area contributed by atoms with Gasteiger partial charge in [0.2, 0.25) is 0 Å². The van der Waals surface area contributed by atoms with Crippen LogP contribution in [0.2, 0.25) is 0 Å². The van der Waals surface area contributed by atoms with Crippen molar-refractivity contribution < 1.29 is 9.53 Å². The van der Waals surface area contributed by atoms with Crippen LogP contribution >= 0.6 is 0 Å². The topological polar surface area (TPSA) is 26.3 Å². The Morgan fingerprint density at radius 2 is 1.86 bits per heavy atom. The van der Waals surface area contributed by atoms with E-state index in [1.54, 1.807) is 0 Å². The van der Waals surface area contributed by atoms with Gasteiger partial charge in [-0.1, -0.05) is 25.7 Å². The summed E-state index contributed by atoms with van der Waals surface area (Å²) in [6.45, 7) is 6.29. The standard InChI is InChI=1S/C12H22O2/c1-12(2,3)11(13)14-9-8-10-6-4-5-7-10/h10H,4-9H2,1-3H3. The predicted molar refractivity (Wildman–Crippen MR) is 57.0 cm³/mol. The van der Waals surface area contributed by atoms with Crippen molar-refractivity contribution in [3.05, 3.63) is 0 Å². The van der Waals surface area contributed by atoms with Crippen LogP contribution in [-0.4, -0.2) is 12.6 Å². The van der Waals surface area contributed by atoms with Crippen LogP contribution in [0.3, 0.4) is 0 Å². The molecule has 0 aliphatic heterocycles. The molecule has 0 heterocycles. The second-order valence-electron chi connectivity index (χ2n) is 5.33. The highest BCUT2D eigenvalue weighted by Crippen LogP contribution is 2.27. The Labute approximate surface area is 87.0 Å². The molecule has 0 aromatic carbocycles. The van der Waals surface area contributed by atoms with Gasteiger partial charge in [0.25, 0.3) is 0 Å². The molecule has 0 unspecified atom stereocenters. The van der Waals surface area contributed by atoms with E-state index in [9.17, 15) is 4.79 Å². The molecule has 1 aliphatic rings. The predicted octanol–water partition coefficient (Wildman–Crippen LogP) is 3.16. The molecule has 1 fully saturated rings. The van der Waals surface area contributed by atoms with E-state index in [2.05, 4.69) is 0 Å². The molecule has 2 nitrogen and oxygen atoms in total. The van der Waals surface area contributed by atoms with Gasteiger partial charge >= 0.3 is 5.97 Å². The second kappa shape index (κ2) is 4.81. The normalized spacial score (nSPS) is 18.5. The third-order valence-electron chi connectivity index (χ3n) is 2.85. The molecule has 0 atom stereocenters. The molecule has 0 N–H and O–H groups in total. The van der Waals surface area contributed by atoms with Gasteiger partial charge in [-0.3, -0.25) is 4.79 Å². The lowest BCUT2D eigenvalue weighted by atomic mass is 9.97. The Bertz CT molecular complexity index is 185. The molecule has 1 rings (SSSR count). The Kier molecular flexibility index (Phi) is 3.97. The molecule has 14 heavy (non-hydrogen) atoms.